The molecule has 35 heavy (non-hydrogen) atoms. The van der Waals surface area contributed by atoms with Gasteiger partial charge in [0.25, 0.3) is 5.91 Å². The van der Waals surface area contributed by atoms with Crippen LogP contribution in [0.15, 0.2) is 63.5 Å². The normalized spacial score (nSPS) is 17.3. The summed E-state index contributed by atoms with van der Waals surface area (Å²) in [5.41, 5.74) is 1.95. The van der Waals surface area contributed by atoms with Gasteiger partial charge in [-0.25, -0.2) is 18.1 Å². The van der Waals surface area contributed by atoms with Crippen molar-refractivity contribution in [2.45, 2.75) is 26.2 Å². The van der Waals surface area contributed by atoms with Crippen molar-refractivity contribution in [3.05, 3.63) is 70.8 Å². The number of nitrogens with one attached hydrogen (secondary N) is 1. The molecule has 2 aliphatic heterocycles. The molecule has 0 fully saturated rings. The van der Waals surface area contributed by atoms with Crippen LogP contribution in [0.2, 0.25) is 0 Å². The molecule has 0 unspecified atom stereocenters. The van der Waals surface area contributed by atoms with E-state index in [0.29, 0.717) is 16.9 Å². The first-order chi connectivity index (χ1) is 16.3. The van der Waals surface area contributed by atoms with Crippen molar-refractivity contribution in [3.63, 3.8) is 0 Å². The van der Waals surface area contributed by atoms with Gasteiger partial charge in [-0.15, -0.1) is 0 Å². The third kappa shape index (κ3) is 5.10. The fourth-order valence-electron chi connectivity index (χ4n) is 3.31. The summed E-state index contributed by atoms with van der Waals surface area (Å²) < 4.78 is 33.2. The molecule has 2 aromatic carbocycles. The number of rotatable bonds is 3. The second-order valence-electron chi connectivity index (χ2n) is 8.96. The van der Waals surface area contributed by atoms with Gasteiger partial charge in [0.15, 0.2) is 0 Å². The fourth-order valence-corrected chi connectivity index (χ4v) is 5.15. The third-order valence-corrected chi connectivity index (χ3v) is 6.97. The number of fused-ring (bicyclic) bond motifs is 1. The van der Waals surface area contributed by atoms with Gasteiger partial charge in [0.2, 0.25) is 20.2 Å². The Labute approximate surface area is 207 Å². The van der Waals surface area contributed by atoms with E-state index in [1.54, 1.807) is 36.4 Å². The summed E-state index contributed by atoms with van der Waals surface area (Å²) in [5.74, 6) is -1.19. The summed E-state index contributed by atoms with van der Waals surface area (Å²) >= 11 is 0.732. The van der Waals surface area contributed by atoms with Crippen LogP contribution in [-0.4, -0.2) is 47.6 Å². The second kappa shape index (κ2) is 8.90. The van der Waals surface area contributed by atoms with E-state index in [9.17, 15) is 18.0 Å². The lowest BCUT2D eigenvalue weighted by Crippen LogP contribution is -2.45. The molecule has 1 N–H and O–H groups in total. The summed E-state index contributed by atoms with van der Waals surface area (Å²) in [6.45, 7) is 6.27. The van der Waals surface area contributed by atoms with Crippen LogP contribution in [0.1, 0.15) is 42.3 Å². The molecule has 0 saturated carbocycles. The van der Waals surface area contributed by atoms with Crippen molar-refractivity contribution in [2.75, 3.05) is 6.26 Å². The Morgan fingerprint density at radius 1 is 1.09 bits per heavy atom. The molecular weight excluding hydrogens is 488 g/mol. The summed E-state index contributed by atoms with van der Waals surface area (Å²) in [7, 11) is -3.72. The van der Waals surface area contributed by atoms with Crippen molar-refractivity contribution < 1.29 is 22.7 Å². The van der Waals surface area contributed by atoms with Crippen LogP contribution in [0, 0.1) is 5.41 Å². The number of esters is 1. The predicted octanol–water partition coefficient (Wildman–Crippen LogP) is 3.82. The zero-order valence-electron chi connectivity index (χ0n) is 19.4. The van der Waals surface area contributed by atoms with Gasteiger partial charge in [-0.05, 0) is 46.9 Å². The third-order valence-electron chi connectivity index (χ3n) is 5.21. The fraction of sp³-hybridized carbons (Fsp3) is 0.208. The highest BCUT2D eigenvalue weighted by Gasteiger charge is 2.41. The molecule has 0 radical (unpaired) electrons. The molecule has 0 aliphatic carbocycles. The van der Waals surface area contributed by atoms with E-state index in [-0.39, 0.29) is 27.2 Å². The number of carbonyl (C=O) groups is 2. The first-order valence-electron chi connectivity index (χ1n) is 10.5. The van der Waals surface area contributed by atoms with Gasteiger partial charge in [-0.2, -0.15) is 9.39 Å². The summed E-state index contributed by atoms with van der Waals surface area (Å²) in [6.07, 6.45) is 2.39. The largest absolute Gasteiger partial charge is 0.423 e. The Hall–Kier alpha value is -3.57. The van der Waals surface area contributed by atoms with Crippen LogP contribution >= 0.6 is 11.9 Å². The number of sulfone groups is 1. The molecule has 2 aromatic rings. The minimum Gasteiger partial charge on any atom is -0.423 e. The van der Waals surface area contributed by atoms with Gasteiger partial charge in [-0.1, -0.05) is 45.0 Å². The van der Waals surface area contributed by atoms with Crippen molar-refractivity contribution in [3.8, 4) is 5.75 Å². The van der Waals surface area contributed by atoms with Crippen molar-refractivity contribution in [1.82, 2.24) is 4.90 Å². The van der Waals surface area contributed by atoms with E-state index >= 15 is 0 Å². The number of amidine groups is 3. The summed E-state index contributed by atoms with van der Waals surface area (Å²) in [5, 5.41) is 8.05. The summed E-state index contributed by atoms with van der Waals surface area (Å²) in [4.78, 5) is 29.8. The molecule has 2 aliphatic rings. The number of nitrogens with zero attached hydrogens (tertiary/aromatic N) is 3. The van der Waals surface area contributed by atoms with Crippen LogP contribution in [-0.2, 0) is 20.0 Å². The van der Waals surface area contributed by atoms with Gasteiger partial charge in [0.05, 0.1) is 23.1 Å². The van der Waals surface area contributed by atoms with E-state index in [2.05, 4.69) is 30.2 Å². The number of amides is 1. The van der Waals surface area contributed by atoms with Gasteiger partial charge in [-0.3, -0.25) is 10.2 Å². The number of hydrogen-bond acceptors (Lipinski definition) is 8. The van der Waals surface area contributed by atoms with Crippen molar-refractivity contribution in [1.29, 1.82) is 5.41 Å². The Kier molecular flexibility index (Phi) is 6.24. The molecule has 0 aromatic heterocycles. The van der Waals surface area contributed by atoms with Crippen molar-refractivity contribution >= 4 is 55.9 Å². The molecule has 9 nitrogen and oxygen atoms in total. The van der Waals surface area contributed by atoms with Gasteiger partial charge in [0, 0.05) is 6.26 Å². The van der Waals surface area contributed by atoms with Gasteiger partial charge >= 0.3 is 5.97 Å². The number of benzene rings is 2. The van der Waals surface area contributed by atoms with E-state index < -0.39 is 21.7 Å². The molecule has 0 bridgehead atoms. The van der Waals surface area contributed by atoms with E-state index in [1.165, 1.54) is 6.08 Å². The number of carbonyl (C=O) groups excluding carboxylic acids is 2. The Balaban J connectivity index is 1.51. The Bertz CT molecular complexity index is 1430. The zero-order valence-corrected chi connectivity index (χ0v) is 21.0. The topological polar surface area (TPSA) is 129 Å². The lowest BCUT2D eigenvalue weighted by Gasteiger charge is -2.23. The minimum absolute atomic E-state index is 0.0235. The molecule has 180 valence electrons. The molecule has 11 heteroatoms. The smallest absolute Gasteiger partial charge is 0.343 e. The minimum atomic E-state index is -3.72. The average molecular weight is 511 g/mol. The summed E-state index contributed by atoms with van der Waals surface area (Å²) in [6, 6.07) is 13.6. The van der Waals surface area contributed by atoms with E-state index in [4.69, 9.17) is 10.1 Å². The number of hydrogen-bond donors (Lipinski definition) is 1. The van der Waals surface area contributed by atoms with E-state index in [0.717, 1.165) is 28.7 Å². The first kappa shape index (κ1) is 24.6. The molecule has 4 rings (SSSR count). The quantitative estimate of drug-likeness (QED) is 0.288. The molecule has 1 amide bonds. The van der Waals surface area contributed by atoms with Gasteiger partial charge in [0.1, 0.15) is 11.6 Å². The monoisotopic (exact) mass is 510 g/mol. The Morgan fingerprint density at radius 3 is 2.29 bits per heavy atom. The maximum absolute atomic E-state index is 12.5. The lowest BCUT2D eigenvalue weighted by molar-refractivity contribution is -0.114. The average Bonchev–Trinajstić information content (AvgIpc) is 3.22. The highest BCUT2D eigenvalue weighted by atomic mass is 32.2. The number of aliphatic imine (C=N–C) groups is 1. The van der Waals surface area contributed by atoms with Gasteiger partial charge < -0.3 is 4.74 Å². The van der Waals surface area contributed by atoms with Crippen LogP contribution < -0.4 is 4.74 Å². The highest BCUT2D eigenvalue weighted by molar-refractivity contribution is 8.16. The molecule has 0 atom stereocenters. The van der Waals surface area contributed by atoms with E-state index in [1.807, 2.05) is 12.1 Å². The van der Waals surface area contributed by atoms with Crippen LogP contribution in [0.5, 0.6) is 5.75 Å². The first-order valence-corrected chi connectivity index (χ1v) is 13.1. The SMILES string of the molecule is CC(C)(C)c1ccc(C(=O)Oc2ccc(/C=C3/C(=N)N4C(=NC3=O)SN=C4S(C)(=O)=O)cc2)cc1. The standard InChI is InChI=1S/C24H22N4O5S2/c1-24(2,3)16-9-7-15(8-10-16)21(30)33-17-11-5-14(6-12-17)13-18-19(25)28-22(26-20(18)29)34-27-23(28)35(4,31)32/h5-13,25H,1-4H3/b18-13-,25-19?. The second-order valence-corrected chi connectivity index (χ2v) is 11.6. The highest BCUT2D eigenvalue weighted by Crippen LogP contribution is 2.30. The zero-order chi connectivity index (χ0) is 25.5. The maximum Gasteiger partial charge on any atom is 0.343 e. The molecule has 2 heterocycles. The molecule has 0 saturated heterocycles. The maximum atomic E-state index is 12.5. The van der Waals surface area contributed by atoms with Crippen molar-refractivity contribution in [2.24, 2.45) is 9.39 Å². The van der Waals surface area contributed by atoms with Crippen LogP contribution in [0.4, 0.5) is 0 Å². The lowest BCUT2D eigenvalue weighted by atomic mass is 9.87. The predicted molar refractivity (Wildman–Crippen MR) is 136 cm³/mol. The number of ether oxygens (including phenoxy) is 1. The molecule has 0 spiro atoms. The Morgan fingerprint density at radius 2 is 1.71 bits per heavy atom. The van der Waals surface area contributed by atoms with Crippen LogP contribution in [0.3, 0.4) is 0 Å². The van der Waals surface area contributed by atoms with Crippen LogP contribution in [0.25, 0.3) is 6.08 Å². The molecular formula is C24H22N4O5S2.